The zero-order chi connectivity index (χ0) is 17.1. The number of benzene rings is 2. The lowest BCUT2D eigenvalue weighted by Crippen LogP contribution is -2.26. The first-order valence-corrected chi connectivity index (χ1v) is 8.68. The van der Waals surface area contributed by atoms with Gasteiger partial charge in [-0.1, -0.05) is 18.2 Å². The van der Waals surface area contributed by atoms with E-state index in [1.807, 2.05) is 27.2 Å². The van der Waals surface area contributed by atoms with E-state index in [1.165, 1.54) is 29.7 Å². The fraction of sp³-hybridized carbons (Fsp3) is 0.381. The van der Waals surface area contributed by atoms with E-state index < -0.39 is 0 Å². The molecular weight excluding hydrogens is 296 g/mol. The van der Waals surface area contributed by atoms with E-state index in [4.69, 9.17) is 0 Å². The number of hydrogen-bond donors (Lipinski definition) is 0. The molecular formula is C21H26N2O. The zero-order valence-corrected chi connectivity index (χ0v) is 14.9. The molecule has 0 atom stereocenters. The van der Waals surface area contributed by atoms with Crippen molar-refractivity contribution in [1.82, 2.24) is 4.90 Å². The van der Waals surface area contributed by atoms with Crippen molar-refractivity contribution in [1.29, 1.82) is 0 Å². The molecule has 3 heteroatoms. The molecule has 0 saturated heterocycles. The number of nitrogens with zero attached hydrogens (tertiary/aromatic N) is 2. The highest BCUT2D eigenvalue weighted by Crippen LogP contribution is 2.23. The van der Waals surface area contributed by atoms with Gasteiger partial charge in [-0.05, 0) is 66.6 Å². The number of carbonyl (C=O) groups excluding carboxylic acids is 1. The third-order valence-electron chi connectivity index (χ3n) is 4.81. The molecule has 0 aromatic heterocycles. The Labute approximate surface area is 144 Å². The first kappa shape index (κ1) is 16.6. The summed E-state index contributed by atoms with van der Waals surface area (Å²) in [6.45, 7) is 0.629. The van der Waals surface area contributed by atoms with Gasteiger partial charge >= 0.3 is 0 Å². The second-order valence-electron chi connectivity index (χ2n) is 6.91. The highest BCUT2D eigenvalue weighted by atomic mass is 16.2. The van der Waals surface area contributed by atoms with Crippen molar-refractivity contribution in [2.45, 2.75) is 32.2 Å². The Kier molecular flexibility index (Phi) is 4.89. The van der Waals surface area contributed by atoms with Gasteiger partial charge in [-0.3, -0.25) is 4.79 Å². The Hall–Kier alpha value is -2.29. The molecule has 0 heterocycles. The number of rotatable bonds is 4. The average molecular weight is 322 g/mol. The first-order valence-electron chi connectivity index (χ1n) is 8.68. The summed E-state index contributed by atoms with van der Waals surface area (Å²) in [5.74, 6) is 0.0973. The Morgan fingerprint density at radius 2 is 1.58 bits per heavy atom. The largest absolute Gasteiger partial charge is 0.378 e. The molecule has 0 spiro atoms. The van der Waals surface area contributed by atoms with Gasteiger partial charge < -0.3 is 9.80 Å². The number of anilines is 1. The van der Waals surface area contributed by atoms with Gasteiger partial charge in [0.05, 0.1) is 0 Å². The molecule has 126 valence electrons. The average Bonchev–Trinajstić information content (AvgIpc) is 2.61. The smallest absolute Gasteiger partial charge is 0.253 e. The number of fused-ring (bicyclic) bond motifs is 1. The van der Waals surface area contributed by atoms with Gasteiger partial charge in [0.15, 0.2) is 0 Å². The molecule has 2 aromatic rings. The fourth-order valence-electron chi connectivity index (χ4n) is 3.33. The van der Waals surface area contributed by atoms with E-state index in [-0.39, 0.29) is 5.91 Å². The maximum absolute atomic E-state index is 12.7. The Balaban J connectivity index is 1.70. The molecule has 0 bridgehead atoms. The van der Waals surface area contributed by atoms with Crippen molar-refractivity contribution in [3.8, 4) is 0 Å². The van der Waals surface area contributed by atoms with Crippen LogP contribution in [0, 0.1) is 0 Å². The Morgan fingerprint density at radius 3 is 2.25 bits per heavy atom. The summed E-state index contributed by atoms with van der Waals surface area (Å²) in [4.78, 5) is 16.6. The van der Waals surface area contributed by atoms with Gasteiger partial charge in [0.25, 0.3) is 5.91 Å². The summed E-state index contributed by atoms with van der Waals surface area (Å²) in [7, 11) is 5.93. The molecule has 24 heavy (non-hydrogen) atoms. The van der Waals surface area contributed by atoms with Gasteiger partial charge in [-0.2, -0.15) is 0 Å². The summed E-state index contributed by atoms with van der Waals surface area (Å²) in [5.41, 5.74) is 5.90. The predicted octanol–water partition coefficient (Wildman–Crippen LogP) is 3.90. The third-order valence-corrected chi connectivity index (χ3v) is 4.81. The highest BCUT2D eigenvalue weighted by molar-refractivity contribution is 5.94. The standard InChI is InChI=1S/C21H26N2O/c1-22(2)20-12-8-16(9-13-20)15-23(3)21(24)19-11-10-17-6-4-5-7-18(17)14-19/h8-14H,4-7,15H2,1-3H3. The second-order valence-corrected chi connectivity index (χ2v) is 6.91. The van der Waals surface area contributed by atoms with Crippen LogP contribution < -0.4 is 4.90 Å². The van der Waals surface area contributed by atoms with E-state index in [2.05, 4.69) is 41.3 Å². The van der Waals surface area contributed by atoms with E-state index >= 15 is 0 Å². The maximum atomic E-state index is 12.7. The summed E-state index contributed by atoms with van der Waals surface area (Å²) < 4.78 is 0. The van der Waals surface area contributed by atoms with Crippen molar-refractivity contribution in [2.75, 3.05) is 26.0 Å². The minimum atomic E-state index is 0.0973. The second kappa shape index (κ2) is 7.08. The summed E-state index contributed by atoms with van der Waals surface area (Å²) >= 11 is 0. The maximum Gasteiger partial charge on any atom is 0.253 e. The minimum Gasteiger partial charge on any atom is -0.378 e. The number of carbonyl (C=O) groups is 1. The van der Waals surface area contributed by atoms with E-state index in [1.54, 1.807) is 4.90 Å². The van der Waals surface area contributed by atoms with Crippen LogP contribution in [-0.4, -0.2) is 32.0 Å². The van der Waals surface area contributed by atoms with Crippen LogP contribution in [0.4, 0.5) is 5.69 Å². The van der Waals surface area contributed by atoms with Crippen molar-refractivity contribution in [2.24, 2.45) is 0 Å². The first-order chi connectivity index (χ1) is 11.5. The van der Waals surface area contributed by atoms with Gasteiger partial charge in [0, 0.05) is 38.9 Å². The van der Waals surface area contributed by atoms with Gasteiger partial charge in [0.2, 0.25) is 0 Å². The number of aryl methyl sites for hydroxylation is 2. The highest BCUT2D eigenvalue weighted by Gasteiger charge is 2.16. The van der Waals surface area contributed by atoms with E-state index in [9.17, 15) is 4.79 Å². The SMILES string of the molecule is CN(Cc1ccc(N(C)C)cc1)C(=O)c1ccc2c(c1)CCCC2. The van der Waals surface area contributed by atoms with Crippen LogP contribution in [0.5, 0.6) is 0 Å². The lowest BCUT2D eigenvalue weighted by molar-refractivity contribution is 0.0785. The lowest BCUT2D eigenvalue weighted by atomic mass is 9.90. The van der Waals surface area contributed by atoms with Crippen LogP contribution in [0.2, 0.25) is 0 Å². The molecule has 1 aliphatic rings. The van der Waals surface area contributed by atoms with Gasteiger partial charge in [-0.25, -0.2) is 0 Å². The summed E-state index contributed by atoms with van der Waals surface area (Å²) in [5, 5.41) is 0. The lowest BCUT2D eigenvalue weighted by Gasteiger charge is -2.21. The van der Waals surface area contributed by atoms with Crippen LogP contribution in [0.1, 0.15) is 39.9 Å². The molecule has 1 aliphatic carbocycles. The van der Waals surface area contributed by atoms with E-state index in [0.717, 1.165) is 24.0 Å². The van der Waals surface area contributed by atoms with Crippen LogP contribution in [-0.2, 0) is 19.4 Å². The molecule has 3 rings (SSSR count). The Bertz CT molecular complexity index is 719. The summed E-state index contributed by atoms with van der Waals surface area (Å²) in [6, 6.07) is 14.6. The summed E-state index contributed by atoms with van der Waals surface area (Å²) in [6.07, 6.45) is 4.76. The monoisotopic (exact) mass is 322 g/mol. The molecule has 1 amide bonds. The minimum absolute atomic E-state index is 0.0973. The van der Waals surface area contributed by atoms with Gasteiger partial charge in [-0.15, -0.1) is 0 Å². The van der Waals surface area contributed by atoms with Crippen LogP contribution in [0.25, 0.3) is 0 Å². The predicted molar refractivity (Wildman–Crippen MR) is 99.7 cm³/mol. The topological polar surface area (TPSA) is 23.6 Å². The van der Waals surface area contributed by atoms with Crippen molar-refractivity contribution < 1.29 is 4.79 Å². The molecule has 0 fully saturated rings. The molecule has 0 saturated carbocycles. The molecule has 3 nitrogen and oxygen atoms in total. The quantitative estimate of drug-likeness (QED) is 0.852. The number of hydrogen-bond acceptors (Lipinski definition) is 2. The normalized spacial score (nSPS) is 13.3. The molecule has 0 radical (unpaired) electrons. The molecule has 2 aromatic carbocycles. The molecule has 0 aliphatic heterocycles. The van der Waals surface area contributed by atoms with Crippen LogP contribution in [0.3, 0.4) is 0 Å². The molecule has 0 N–H and O–H groups in total. The molecule has 0 unspecified atom stereocenters. The third kappa shape index (κ3) is 3.61. The van der Waals surface area contributed by atoms with Crippen molar-refractivity contribution >= 4 is 11.6 Å². The fourth-order valence-corrected chi connectivity index (χ4v) is 3.33. The van der Waals surface area contributed by atoms with Crippen LogP contribution >= 0.6 is 0 Å². The van der Waals surface area contributed by atoms with Gasteiger partial charge in [0.1, 0.15) is 0 Å². The number of amides is 1. The van der Waals surface area contributed by atoms with E-state index in [0.29, 0.717) is 6.54 Å². The zero-order valence-electron chi connectivity index (χ0n) is 14.9. The van der Waals surface area contributed by atoms with Crippen molar-refractivity contribution in [3.63, 3.8) is 0 Å². The van der Waals surface area contributed by atoms with Crippen LogP contribution in [0.15, 0.2) is 42.5 Å². The van der Waals surface area contributed by atoms with Crippen molar-refractivity contribution in [3.05, 3.63) is 64.7 Å². The Morgan fingerprint density at radius 1 is 0.917 bits per heavy atom.